The van der Waals surface area contributed by atoms with E-state index in [9.17, 15) is 5.21 Å². The van der Waals surface area contributed by atoms with Crippen LogP contribution in [0.1, 0.15) is 11.1 Å². The highest BCUT2D eigenvalue weighted by molar-refractivity contribution is 6.05. The minimum absolute atomic E-state index is 0.170. The Kier molecular flexibility index (Phi) is 4.62. The van der Waals surface area contributed by atoms with Crippen molar-refractivity contribution in [2.24, 2.45) is 5.16 Å². The van der Waals surface area contributed by atoms with Gasteiger partial charge in [-0.25, -0.2) is 0 Å². The minimum Gasteiger partial charge on any atom is -0.410 e. The molecule has 0 aliphatic carbocycles. The van der Waals surface area contributed by atoms with Gasteiger partial charge < -0.3 is 19.4 Å². The summed E-state index contributed by atoms with van der Waals surface area (Å²) in [5.74, 6) is -1.51. The summed E-state index contributed by atoms with van der Waals surface area (Å²) in [6, 6.07) is 7.42. The first-order valence-corrected chi connectivity index (χ1v) is 5.09. The number of benzene rings is 1. The summed E-state index contributed by atoms with van der Waals surface area (Å²) >= 11 is 0. The molecule has 0 saturated carbocycles. The molecule has 5 heteroatoms. The zero-order valence-corrected chi connectivity index (χ0v) is 10.4. The van der Waals surface area contributed by atoms with Gasteiger partial charge in [0.2, 0.25) is 0 Å². The highest BCUT2D eigenvalue weighted by Crippen LogP contribution is 2.22. The maximum absolute atomic E-state index is 9.18. The van der Waals surface area contributed by atoms with Crippen molar-refractivity contribution < 1.29 is 19.4 Å². The Bertz CT molecular complexity index is 391. The van der Waals surface area contributed by atoms with E-state index in [-0.39, 0.29) is 5.71 Å². The Morgan fingerprint density at radius 1 is 1.12 bits per heavy atom. The molecule has 0 atom stereocenters. The fraction of sp³-hybridized carbons (Fsp3) is 0.417. The van der Waals surface area contributed by atoms with Gasteiger partial charge in [0.1, 0.15) is 0 Å². The predicted molar refractivity (Wildman–Crippen MR) is 63.3 cm³/mol. The molecule has 1 rings (SSSR count). The molecule has 0 aliphatic rings. The number of rotatable bonds is 5. The minimum atomic E-state index is -1.51. The van der Waals surface area contributed by atoms with E-state index in [2.05, 4.69) is 5.16 Å². The Morgan fingerprint density at radius 3 is 2.06 bits per heavy atom. The Hall–Kier alpha value is -1.43. The molecule has 0 fully saturated rings. The maximum atomic E-state index is 9.18. The number of hydrogen-bond donors (Lipinski definition) is 1. The Balaban J connectivity index is 3.30. The fourth-order valence-electron chi connectivity index (χ4n) is 1.66. The molecule has 0 saturated heterocycles. The highest BCUT2D eigenvalue weighted by Gasteiger charge is 2.39. The lowest BCUT2D eigenvalue weighted by Crippen LogP contribution is -2.45. The predicted octanol–water partition coefficient (Wildman–Crippen LogP) is 1.77. The van der Waals surface area contributed by atoms with Crippen LogP contribution in [0.4, 0.5) is 0 Å². The molecule has 1 aromatic carbocycles. The molecule has 0 aromatic heterocycles. The van der Waals surface area contributed by atoms with Crippen LogP contribution in [0.2, 0.25) is 0 Å². The van der Waals surface area contributed by atoms with E-state index >= 15 is 0 Å². The summed E-state index contributed by atoms with van der Waals surface area (Å²) < 4.78 is 15.5. The largest absolute Gasteiger partial charge is 0.410 e. The fourth-order valence-corrected chi connectivity index (χ4v) is 1.66. The van der Waals surface area contributed by atoms with Crippen molar-refractivity contribution in [3.8, 4) is 0 Å². The molecule has 0 aliphatic heterocycles. The van der Waals surface area contributed by atoms with E-state index in [1.54, 1.807) is 6.07 Å². The first kappa shape index (κ1) is 13.6. The van der Waals surface area contributed by atoms with Crippen molar-refractivity contribution >= 4 is 5.71 Å². The van der Waals surface area contributed by atoms with Crippen molar-refractivity contribution in [3.05, 3.63) is 35.4 Å². The molecule has 0 unspecified atom stereocenters. The maximum Gasteiger partial charge on any atom is 0.333 e. The highest BCUT2D eigenvalue weighted by atomic mass is 16.9. The summed E-state index contributed by atoms with van der Waals surface area (Å²) in [7, 11) is 4.24. The third kappa shape index (κ3) is 2.46. The number of oxime groups is 1. The molecule has 1 aromatic rings. The Labute approximate surface area is 101 Å². The van der Waals surface area contributed by atoms with Gasteiger partial charge in [-0.3, -0.25) is 0 Å². The molecule has 0 heterocycles. The van der Waals surface area contributed by atoms with Crippen LogP contribution in [0.15, 0.2) is 29.4 Å². The number of hydrogen-bond acceptors (Lipinski definition) is 5. The van der Waals surface area contributed by atoms with E-state index in [1.165, 1.54) is 21.3 Å². The molecule has 5 nitrogen and oxygen atoms in total. The van der Waals surface area contributed by atoms with E-state index in [1.807, 2.05) is 25.1 Å². The van der Waals surface area contributed by atoms with Crippen molar-refractivity contribution in [1.82, 2.24) is 0 Å². The Morgan fingerprint density at radius 2 is 1.65 bits per heavy atom. The van der Waals surface area contributed by atoms with Gasteiger partial charge in [-0.15, -0.1) is 0 Å². The molecular formula is C12H17NO4. The lowest BCUT2D eigenvalue weighted by atomic mass is 10.0. The molecule has 0 bridgehead atoms. The van der Waals surface area contributed by atoms with Gasteiger partial charge in [-0.05, 0) is 12.5 Å². The lowest BCUT2D eigenvalue weighted by Gasteiger charge is -2.29. The first-order chi connectivity index (χ1) is 8.15. The van der Waals surface area contributed by atoms with E-state index in [0.29, 0.717) is 5.56 Å². The first-order valence-electron chi connectivity index (χ1n) is 5.09. The molecule has 94 valence electrons. The van der Waals surface area contributed by atoms with Crippen LogP contribution < -0.4 is 0 Å². The second kappa shape index (κ2) is 5.77. The van der Waals surface area contributed by atoms with Gasteiger partial charge in [-0.2, -0.15) is 0 Å². The van der Waals surface area contributed by atoms with Gasteiger partial charge in [0.25, 0.3) is 0 Å². The van der Waals surface area contributed by atoms with Crippen LogP contribution >= 0.6 is 0 Å². The zero-order valence-electron chi connectivity index (χ0n) is 10.4. The summed E-state index contributed by atoms with van der Waals surface area (Å²) in [5, 5.41) is 12.4. The lowest BCUT2D eigenvalue weighted by molar-refractivity contribution is -0.303. The topological polar surface area (TPSA) is 60.3 Å². The quantitative estimate of drug-likeness (QED) is 0.368. The van der Waals surface area contributed by atoms with Crippen molar-refractivity contribution in [2.75, 3.05) is 21.3 Å². The van der Waals surface area contributed by atoms with E-state index < -0.39 is 5.97 Å². The van der Waals surface area contributed by atoms with Gasteiger partial charge in [0.15, 0.2) is 5.71 Å². The SMILES string of the molecule is COC(OC)(OC)C(=NO)c1ccccc1C. The van der Waals surface area contributed by atoms with Crippen LogP contribution in [-0.4, -0.2) is 38.2 Å². The van der Waals surface area contributed by atoms with Crippen LogP contribution in [0.3, 0.4) is 0 Å². The molecular weight excluding hydrogens is 222 g/mol. The number of aryl methyl sites for hydroxylation is 1. The van der Waals surface area contributed by atoms with Gasteiger partial charge in [-0.1, -0.05) is 29.4 Å². The van der Waals surface area contributed by atoms with Crippen molar-refractivity contribution in [3.63, 3.8) is 0 Å². The molecule has 1 N–H and O–H groups in total. The van der Waals surface area contributed by atoms with Crippen LogP contribution in [0.5, 0.6) is 0 Å². The van der Waals surface area contributed by atoms with E-state index in [0.717, 1.165) is 5.56 Å². The summed E-state index contributed by atoms with van der Waals surface area (Å²) in [6.45, 7) is 1.90. The average Bonchev–Trinajstić information content (AvgIpc) is 2.38. The van der Waals surface area contributed by atoms with Crippen molar-refractivity contribution in [1.29, 1.82) is 0 Å². The van der Waals surface area contributed by atoms with Gasteiger partial charge in [0.05, 0.1) is 0 Å². The summed E-state index contributed by atoms with van der Waals surface area (Å²) in [5.41, 5.74) is 1.79. The van der Waals surface area contributed by atoms with Crippen molar-refractivity contribution in [2.45, 2.75) is 12.9 Å². The second-order valence-corrected chi connectivity index (χ2v) is 3.43. The average molecular weight is 239 g/mol. The third-order valence-electron chi connectivity index (χ3n) is 2.60. The van der Waals surface area contributed by atoms with Gasteiger partial charge >= 0.3 is 5.97 Å². The monoisotopic (exact) mass is 239 g/mol. The van der Waals surface area contributed by atoms with Crippen LogP contribution in [0.25, 0.3) is 0 Å². The number of nitrogens with zero attached hydrogens (tertiary/aromatic N) is 1. The van der Waals surface area contributed by atoms with E-state index in [4.69, 9.17) is 14.2 Å². The van der Waals surface area contributed by atoms with Crippen LogP contribution in [-0.2, 0) is 14.2 Å². The third-order valence-corrected chi connectivity index (χ3v) is 2.60. The molecule has 17 heavy (non-hydrogen) atoms. The normalized spacial score (nSPS) is 12.8. The smallest absolute Gasteiger partial charge is 0.333 e. The molecule has 0 spiro atoms. The molecule has 0 amide bonds. The summed E-state index contributed by atoms with van der Waals surface area (Å²) in [6.07, 6.45) is 0. The standard InChI is InChI=1S/C12H17NO4/c1-9-7-5-6-8-10(9)11(13-14)12(15-2,16-3)17-4/h5-8,14H,1-4H3. The second-order valence-electron chi connectivity index (χ2n) is 3.43. The molecule has 0 radical (unpaired) electrons. The zero-order chi connectivity index (χ0) is 12.9. The van der Waals surface area contributed by atoms with Crippen LogP contribution in [0, 0.1) is 6.92 Å². The summed E-state index contributed by atoms with van der Waals surface area (Å²) in [4.78, 5) is 0. The van der Waals surface area contributed by atoms with Gasteiger partial charge in [0, 0.05) is 26.9 Å². The number of ether oxygens (including phenoxy) is 3. The number of methoxy groups -OCH3 is 3.